The zero-order valence-electron chi connectivity index (χ0n) is 10.4. The first-order valence-electron chi connectivity index (χ1n) is 5.30. The number of carbonyl (C=O) groups is 1. The summed E-state index contributed by atoms with van der Waals surface area (Å²) >= 11 is 0. The van der Waals surface area contributed by atoms with Crippen molar-refractivity contribution >= 4 is 5.97 Å². The maximum atomic E-state index is 13.6. The lowest BCUT2D eigenvalue weighted by atomic mass is 10.1. The van der Waals surface area contributed by atoms with Gasteiger partial charge < -0.3 is 19.1 Å². The number of aromatic carboxylic acids is 1. The Morgan fingerprint density at radius 3 is 2.40 bits per heavy atom. The Kier molecular flexibility index (Phi) is 3.55. The Bertz CT molecular complexity index is 668. The van der Waals surface area contributed by atoms with Gasteiger partial charge in [0, 0.05) is 6.07 Å². The number of nitrogens with zero attached hydrogens (tertiary/aromatic N) is 1. The quantitative estimate of drug-likeness (QED) is 0.928. The third-order valence-electron chi connectivity index (χ3n) is 2.53. The highest BCUT2D eigenvalue weighted by atomic mass is 19.2. The Labute approximate surface area is 111 Å². The minimum Gasteiger partial charge on any atom is -0.492 e. The molecule has 2 rings (SSSR count). The number of carboxylic acids is 1. The molecule has 0 fully saturated rings. The maximum Gasteiger partial charge on any atom is 0.358 e. The van der Waals surface area contributed by atoms with Gasteiger partial charge in [0.15, 0.2) is 23.0 Å². The number of hydrogen-bond donors (Lipinski definition) is 1. The van der Waals surface area contributed by atoms with Crippen LogP contribution in [0.3, 0.4) is 0 Å². The topological polar surface area (TPSA) is 81.8 Å². The number of halogens is 2. The van der Waals surface area contributed by atoms with Gasteiger partial charge in [-0.2, -0.15) is 4.39 Å². The molecular formula is C12H9F2NO5. The molecule has 20 heavy (non-hydrogen) atoms. The van der Waals surface area contributed by atoms with Crippen molar-refractivity contribution < 1.29 is 32.7 Å². The zero-order chi connectivity index (χ0) is 14.9. The molecule has 1 aromatic heterocycles. The lowest BCUT2D eigenvalue weighted by molar-refractivity contribution is 0.0686. The molecule has 0 spiro atoms. The van der Waals surface area contributed by atoms with Gasteiger partial charge in [0.05, 0.1) is 19.8 Å². The summed E-state index contributed by atoms with van der Waals surface area (Å²) in [5.74, 6) is -4.38. The van der Waals surface area contributed by atoms with Crippen LogP contribution in [0.15, 0.2) is 16.7 Å². The van der Waals surface area contributed by atoms with Crippen LogP contribution in [0.2, 0.25) is 0 Å². The van der Waals surface area contributed by atoms with Gasteiger partial charge in [-0.25, -0.2) is 9.18 Å². The second-order valence-electron chi connectivity index (χ2n) is 3.67. The van der Waals surface area contributed by atoms with Gasteiger partial charge in [-0.3, -0.25) is 0 Å². The van der Waals surface area contributed by atoms with Gasteiger partial charge >= 0.3 is 5.97 Å². The van der Waals surface area contributed by atoms with Gasteiger partial charge in [0.1, 0.15) is 0 Å². The molecule has 0 saturated heterocycles. The van der Waals surface area contributed by atoms with Crippen LogP contribution < -0.4 is 9.47 Å². The van der Waals surface area contributed by atoms with Gasteiger partial charge in [0.2, 0.25) is 11.6 Å². The van der Waals surface area contributed by atoms with Crippen LogP contribution in [-0.4, -0.2) is 30.5 Å². The third-order valence-corrected chi connectivity index (χ3v) is 2.53. The van der Waals surface area contributed by atoms with Crippen LogP contribution in [0, 0.1) is 11.6 Å². The molecule has 0 atom stereocenters. The second-order valence-corrected chi connectivity index (χ2v) is 3.67. The Hall–Kier alpha value is -2.64. The minimum absolute atomic E-state index is 0.0109. The van der Waals surface area contributed by atoms with Crippen molar-refractivity contribution in [2.24, 2.45) is 0 Å². The van der Waals surface area contributed by atoms with E-state index in [1.54, 1.807) is 0 Å². The van der Waals surface area contributed by atoms with Gasteiger partial charge in [-0.15, -0.1) is 0 Å². The van der Waals surface area contributed by atoms with E-state index in [4.69, 9.17) is 19.1 Å². The molecule has 0 radical (unpaired) electrons. The van der Waals surface area contributed by atoms with Crippen molar-refractivity contribution in [3.63, 3.8) is 0 Å². The van der Waals surface area contributed by atoms with Crippen LogP contribution in [0.1, 0.15) is 10.5 Å². The number of rotatable bonds is 4. The van der Waals surface area contributed by atoms with Crippen molar-refractivity contribution in [3.8, 4) is 22.8 Å². The molecule has 0 bridgehead atoms. The van der Waals surface area contributed by atoms with Gasteiger partial charge in [-0.1, -0.05) is 5.16 Å². The third kappa shape index (κ3) is 2.15. The number of hydrogen-bond acceptors (Lipinski definition) is 5. The highest BCUT2D eigenvalue weighted by Crippen LogP contribution is 2.41. The molecule has 1 N–H and O–H groups in total. The van der Waals surface area contributed by atoms with E-state index in [1.165, 1.54) is 7.11 Å². The summed E-state index contributed by atoms with van der Waals surface area (Å²) in [6.07, 6.45) is 0. The van der Waals surface area contributed by atoms with E-state index in [-0.39, 0.29) is 22.8 Å². The molecule has 1 aromatic carbocycles. The standard InChI is InChI=1S/C12H9F2NO5/c1-18-10-5(3-6(13)9(14)11(10)19-2)8-4-7(12(16)17)15-20-8/h3-4H,1-2H3,(H,16,17). The predicted molar refractivity (Wildman–Crippen MR) is 61.9 cm³/mol. The van der Waals surface area contributed by atoms with Gasteiger partial charge in [0.25, 0.3) is 0 Å². The Morgan fingerprint density at radius 1 is 1.25 bits per heavy atom. The molecule has 2 aromatic rings. The van der Waals surface area contributed by atoms with E-state index in [0.717, 1.165) is 19.2 Å². The molecule has 8 heteroatoms. The average Bonchev–Trinajstić information content (AvgIpc) is 2.90. The van der Waals surface area contributed by atoms with Crippen LogP contribution in [0.25, 0.3) is 11.3 Å². The minimum atomic E-state index is -1.31. The largest absolute Gasteiger partial charge is 0.492 e. The summed E-state index contributed by atoms with van der Waals surface area (Å²) in [5.41, 5.74) is -0.381. The molecular weight excluding hydrogens is 276 g/mol. The SMILES string of the molecule is COc1c(-c2cc(C(=O)O)no2)cc(F)c(F)c1OC. The van der Waals surface area contributed by atoms with E-state index in [0.29, 0.717) is 0 Å². The number of aromatic nitrogens is 1. The van der Waals surface area contributed by atoms with Crippen molar-refractivity contribution in [3.05, 3.63) is 29.5 Å². The highest BCUT2D eigenvalue weighted by Gasteiger charge is 2.24. The smallest absolute Gasteiger partial charge is 0.358 e. The molecule has 0 aliphatic heterocycles. The van der Waals surface area contributed by atoms with E-state index in [9.17, 15) is 13.6 Å². The van der Waals surface area contributed by atoms with E-state index in [1.807, 2.05) is 0 Å². The van der Waals surface area contributed by atoms with Crippen molar-refractivity contribution in [1.82, 2.24) is 5.16 Å². The first kappa shape index (κ1) is 13.8. The summed E-state index contributed by atoms with van der Waals surface area (Å²) in [4.78, 5) is 10.7. The molecule has 0 saturated carbocycles. The molecule has 0 unspecified atom stereocenters. The van der Waals surface area contributed by atoms with E-state index >= 15 is 0 Å². The fraction of sp³-hybridized carbons (Fsp3) is 0.167. The first-order valence-corrected chi connectivity index (χ1v) is 5.30. The normalized spacial score (nSPS) is 10.4. The second kappa shape index (κ2) is 5.16. The molecule has 6 nitrogen and oxygen atoms in total. The van der Waals surface area contributed by atoms with Crippen LogP contribution >= 0.6 is 0 Å². The lowest BCUT2D eigenvalue weighted by Gasteiger charge is -2.12. The van der Waals surface area contributed by atoms with E-state index < -0.39 is 23.4 Å². The van der Waals surface area contributed by atoms with Crippen LogP contribution in [0.4, 0.5) is 8.78 Å². The molecule has 106 valence electrons. The number of benzene rings is 1. The summed E-state index contributed by atoms with van der Waals surface area (Å²) in [7, 11) is 2.38. The molecule has 0 aliphatic rings. The average molecular weight is 285 g/mol. The molecule has 0 aliphatic carbocycles. The number of ether oxygens (including phenoxy) is 2. The Balaban J connectivity index is 2.66. The van der Waals surface area contributed by atoms with Crippen LogP contribution in [-0.2, 0) is 0 Å². The fourth-order valence-corrected chi connectivity index (χ4v) is 1.66. The molecule has 1 heterocycles. The highest BCUT2D eigenvalue weighted by molar-refractivity contribution is 5.87. The Morgan fingerprint density at radius 2 is 1.90 bits per heavy atom. The first-order chi connectivity index (χ1) is 9.49. The fourth-order valence-electron chi connectivity index (χ4n) is 1.66. The number of methoxy groups -OCH3 is 2. The number of carboxylic acid groups (broad SMARTS) is 1. The van der Waals surface area contributed by atoms with Crippen molar-refractivity contribution in [2.75, 3.05) is 14.2 Å². The maximum absolute atomic E-state index is 13.6. The van der Waals surface area contributed by atoms with Crippen LogP contribution in [0.5, 0.6) is 11.5 Å². The van der Waals surface area contributed by atoms with Crippen molar-refractivity contribution in [1.29, 1.82) is 0 Å². The van der Waals surface area contributed by atoms with E-state index in [2.05, 4.69) is 5.16 Å². The summed E-state index contributed by atoms with van der Waals surface area (Å²) in [5, 5.41) is 12.0. The van der Waals surface area contributed by atoms with Crippen molar-refractivity contribution in [2.45, 2.75) is 0 Å². The summed E-state index contributed by atoms with van der Waals surface area (Å²) in [6.45, 7) is 0. The van der Waals surface area contributed by atoms with Gasteiger partial charge in [-0.05, 0) is 6.07 Å². The summed E-state index contributed by atoms with van der Waals surface area (Å²) in [6, 6.07) is 1.87. The predicted octanol–water partition coefficient (Wildman–Crippen LogP) is 2.34. The zero-order valence-corrected chi connectivity index (χ0v) is 10.4. The monoisotopic (exact) mass is 285 g/mol. The summed E-state index contributed by atoms with van der Waals surface area (Å²) < 4.78 is 41.6. The lowest BCUT2D eigenvalue weighted by Crippen LogP contribution is -1.99. The molecule has 0 amide bonds.